The summed E-state index contributed by atoms with van der Waals surface area (Å²) >= 11 is 0. The van der Waals surface area contributed by atoms with Gasteiger partial charge in [0.1, 0.15) is 0 Å². The van der Waals surface area contributed by atoms with E-state index >= 15 is 0 Å². The van der Waals surface area contributed by atoms with Crippen LogP contribution in [-0.2, 0) is 14.1 Å². The molecule has 0 atom stereocenters. The molecule has 1 heterocycles. The van der Waals surface area contributed by atoms with Gasteiger partial charge in [0.05, 0.1) is 6.07 Å². The third-order valence-electron chi connectivity index (χ3n) is 1.50. The molecule has 0 amide bonds. The van der Waals surface area contributed by atoms with Crippen molar-refractivity contribution >= 4 is 0 Å². The van der Waals surface area contributed by atoms with Gasteiger partial charge in [-0.05, 0) is 0 Å². The first-order valence-electron chi connectivity index (χ1n) is 3.00. The zero-order chi connectivity index (χ0) is 8.59. The van der Waals surface area contributed by atoms with E-state index in [0.717, 1.165) is 15.2 Å². The van der Waals surface area contributed by atoms with Gasteiger partial charge in [0.2, 0.25) is 0 Å². The van der Waals surface area contributed by atoms with Crippen LogP contribution in [-0.4, -0.2) is 14.2 Å². The zero-order valence-corrected chi connectivity index (χ0v) is 6.24. The van der Waals surface area contributed by atoms with Crippen LogP contribution < -0.4 is 11.2 Å². The minimum atomic E-state index is -0.532. The lowest BCUT2D eigenvalue weighted by Gasteiger charge is -2.01. The summed E-state index contributed by atoms with van der Waals surface area (Å²) in [7, 11) is 2.74. The molecular weight excluding hydrogens is 148 g/mol. The number of hydrogen-bond donors (Lipinski definition) is 1. The van der Waals surface area contributed by atoms with Crippen molar-refractivity contribution in [2.24, 2.45) is 14.1 Å². The summed E-state index contributed by atoms with van der Waals surface area (Å²) in [4.78, 5) is 21.8. The summed E-state index contributed by atoms with van der Waals surface area (Å²) < 4.78 is 1.90. The highest BCUT2D eigenvalue weighted by molar-refractivity contribution is 5.05. The van der Waals surface area contributed by atoms with Crippen LogP contribution in [0.25, 0.3) is 0 Å². The van der Waals surface area contributed by atoms with Crippen LogP contribution in [0.4, 0.5) is 0 Å². The molecular formula is C6H8N2O3. The molecule has 0 spiro atoms. The minimum absolute atomic E-state index is 0.321. The summed E-state index contributed by atoms with van der Waals surface area (Å²) in [5, 5.41) is 8.96. The largest absolute Gasteiger partial charge is 0.494 e. The number of hydrogen-bond acceptors (Lipinski definition) is 3. The second-order valence-electron chi connectivity index (χ2n) is 2.24. The molecule has 11 heavy (non-hydrogen) atoms. The first kappa shape index (κ1) is 7.59. The lowest BCUT2D eigenvalue weighted by molar-refractivity contribution is 0.412. The molecule has 0 aliphatic heterocycles. The Morgan fingerprint density at radius 2 is 1.82 bits per heavy atom. The van der Waals surface area contributed by atoms with Crippen LogP contribution in [0.5, 0.6) is 5.88 Å². The molecule has 0 saturated heterocycles. The van der Waals surface area contributed by atoms with Crippen LogP contribution in [0.2, 0.25) is 0 Å². The van der Waals surface area contributed by atoms with Crippen molar-refractivity contribution in [3.05, 3.63) is 26.9 Å². The van der Waals surface area contributed by atoms with Crippen LogP contribution in [0.1, 0.15) is 0 Å². The van der Waals surface area contributed by atoms with Gasteiger partial charge in [-0.3, -0.25) is 13.9 Å². The number of rotatable bonds is 0. The second-order valence-corrected chi connectivity index (χ2v) is 2.24. The number of aromatic hydroxyl groups is 1. The molecule has 0 aromatic carbocycles. The fraction of sp³-hybridized carbons (Fsp3) is 0.333. The van der Waals surface area contributed by atoms with Gasteiger partial charge in [0, 0.05) is 14.1 Å². The fourth-order valence-corrected chi connectivity index (χ4v) is 0.721. The van der Waals surface area contributed by atoms with E-state index in [1.165, 1.54) is 14.1 Å². The van der Waals surface area contributed by atoms with Gasteiger partial charge in [0.15, 0.2) is 5.88 Å². The number of aromatic nitrogens is 2. The van der Waals surface area contributed by atoms with Crippen LogP contribution in [0.15, 0.2) is 15.7 Å². The van der Waals surface area contributed by atoms with Gasteiger partial charge in [-0.1, -0.05) is 0 Å². The highest BCUT2D eigenvalue weighted by Gasteiger charge is 2.01. The SMILES string of the molecule is Cn1c(O)cc(=O)n(C)c1=O. The molecule has 5 heteroatoms. The van der Waals surface area contributed by atoms with E-state index in [2.05, 4.69) is 0 Å². The van der Waals surface area contributed by atoms with Crippen molar-refractivity contribution < 1.29 is 5.11 Å². The predicted octanol–water partition coefficient (Wildman–Crippen LogP) is -1.21. The third kappa shape index (κ3) is 1.04. The van der Waals surface area contributed by atoms with E-state index in [-0.39, 0.29) is 5.88 Å². The Kier molecular flexibility index (Phi) is 1.56. The Bertz CT molecular complexity index is 388. The monoisotopic (exact) mass is 156 g/mol. The molecule has 0 radical (unpaired) electrons. The molecule has 0 aliphatic rings. The average molecular weight is 156 g/mol. The Morgan fingerprint density at radius 3 is 2.36 bits per heavy atom. The Balaban J connectivity index is 3.74. The first-order chi connectivity index (χ1) is 5.04. The molecule has 5 nitrogen and oxygen atoms in total. The van der Waals surface area contributed by atoms with E-state index in [1.807, 2.05) is 0 Å². The van der Waals surface area contributed by atoms with E-state index in [0.29, 0.717) is 0 Å². The van der Waals surface area contributed by atoms with Crippen molar-refractivity contribution in [2.45, 2.75) is 0 Å². The molecule has 1 aromatic rings. The molecule has 0 saturated carbocycles. The van der Waals surface area contributed by atoms with Gasteiger partial charge in [-0.2, -0.15) is 0 Å². The highest BCUT2D eigenvalue weighted by atomic mass is 16.3. The van der Waals surface area contributed by atoms with Crippen molar-refractivity contribution in [2.75, 3.05) is 0 Å². The predicted molar refractivity (Wildman–Crippen MR) is 38.6 cm³/mol. The minimum Gasteiger partial charge on any atom is -0.494 e. The van der Waals surface area contributed by atoms with Gasteiger partial charge < -0.3 is 5.11 Å². The smallest absolute Gasteiger partial charge is 0.333 e. The molecule has 0 bridgehead atoms. The van der Waals surface area contributed by atoms with Crippen molar-refractivity contribution in [3.8, 4) is 5.88 Å². The van der Waals surface area contributed by atoms with Gasteiger partial charge in [-0.25, -0.2) is 4.79 Å². The summed E-state index contributed by atoms with van der Waals surface area (Å²) in [6.07, 6.45) is 0. The fourth-order valence-electron chi connectivity index (χ4n) is 0.721. The van der Waals surface area contributed by atoms with Crippen LogP contribution in [0, 0.1) is 0 Å². The molecule has 0 fully saturated rings. The highest BCUT2D eigenvalue weighted by Crippen LogP contribution is 1.95. The zero-order valence-electron chi connectivity index (χ0n) is 6.24. The van der Waals surface area contributed by atoms with E-state index in [4.69, 9.17) is 5.11 Å². The van der Waals surface area contributed by atoms with Gasteiger partial charge >= 0.3 is 5.69 Å². The van der Waals surface area contributed by atoms with E-state index < -0.39 is 11.2 Å². The molecule has 1 aromatic heterocycles. The van der Waals surface area contributed by atoms with Crippen molar-refractivity contribution in [1.82, 2.24) is 9.13 Å². The lowest BCUT2D eigenvalue weighted by Crippen LogP contribution is -2.35. The lowest BCUT2D eigenvalue weighted by atomic mass is 10.6. The molecule has 60 valence electrons. The van der Waals surface area contributed by atoms with E-state index in [1.54, 1.807) is 0 Å². The first-order valence-corrected chi connectivity index (χ1v) is 3.00. The summed E-state index contributed by atoms with van der Waals surface area (Å²) in [5.74, 6) is -0.321. The molecule has 1 rings (SSSR count). The number of nitrogens with zero attached hydrogens (tertiary/aromatic N) is 2. The van der Waals surface area contributed by atoms with Crippen molar-refractivity contribution in [1.29, 1.82) is 0 Å². The summed E-state index contributed by atoms with van der Waals surface area (Å²) in [6.45, 7) is 0. The Labute approximate surface area is 62.1 Å². The maximum atomic E-state index is 11.0. The summed E-state index contributed by atoms with van der Waals surface area (Å²) in [6, 6.07) is 0.988. The maximum Gasteiger partial charge on any atom is 0.333 e. The normalized spacial score (nSPS) is 10.0. The average Bonchev–Trinajstić information content (AvgIpc) is 1.97. The molecule has 1 N–H and O–H groups in total. The topological polar surface area (TPSA) is 64.2 Å². The van der Waals surface area contributed by atoms with Crippen LogP contribution in [0.3, 0.4) is 0 Å². The molecule has 0 unspecified atom stereocenters. The Morgan fingerprint density at radius 1 is 1.27 bits per heavy atom. The Hall–Kier alpha value is -1.52. The third-order valence-corrected chi connectivity index (χ3v) is 1.50. The maximum absolute atomic E-state index is 11.0. The standard InChI is InChI=1S/C6H8N2O3/c1-7-4(9)3-5(10)8(2)6(7)11/h3,9H,1-2H3. The summed E-state index contributed by atoms with van der Waals surface area (Å²) in [5.41, 5.74) is -1.04. The quantitative estimate of drug-likeness (QED) is 0.512. The van der Waals surface area contributed by atoms with Gasteiger partial charge in [0.25, 0.3) is 5.56 Å². The van der Waals surface area contributed by atoms with Crippen LogP contribution >= 0.6 is 0 Å². The van der Waals surface area contributed by atoms with Crippen molar-refractivity contribution in [3.63, 3.8) is 0 Å². The van der Waals surface area contributed by atoms with Gasteiger partial charge in [-0.15, -0.1) is 0 Å². The second kappa shape index (κ2) is 2.26. The molecule has 0 aliphatic carbocycles. The van der Waals surface area contributed by atoms with E-state index in [9.17, 15) is 9.59 Å².